The number of aromatic nitrogens is 2. The second kappa shape index (κ2) is 5.11. The summed E-state index contributed by atoms with van der Waals surface area (Å²) >= 11 is 0. The van der Waals surface area contributed by atoms with Gasteiger partial charge in [-0.25, -0.2) is 4.98 Å². The molecule has 3 heteroatoms. The maximum atomic E-state index is 4.58. The number of aryl methyl sites for hydroxylation is 2. The van der Waals surface area contributed by atoms with Crippen LogP contribution >= 0.6 is 0 Å². The molecular weight excluding hydrogens is 210 g/mol. The SMILES string of the molecule is CCn1cc(C)nc1NC1CCC(C)CC1C. The summed E-state index contributed by atoms with van der Waals surface area (Å²) in [4.78, 5) is 4.58. The van der Waals surface area contributed by atoms with Gasteiger partial charge in [-0.05, 0) is 44.9 Å². The van der Waals surface area contributed by atoms with Crippen LogP contribution in [0, 0.1) is 18.8 Å². The summed E-state index contributed by atoms with van der Waals surface area (Å²) in [5.41, 5.74) is 1.10. The van der Waals surface area contributed by atoms with Crippen LogP contribution < -0.4 is 5.32 Å². The minimum Gasteiger partial charge on any atom is -0.353 e. The fraction of sp³-hybridized carbons (Fsp3) is 0.786. The van der Waals surface area contributed by atoms with Crippen molar-refractivity contribution >= 4 is 5.95 Å². The Hall–Kier alpha value is -0.990. The molecule has 0 saturated heterocycles. The minimum absolute atomic E-state index is 0.596. The first-order valence-corrected chi connectivity index (χ1v) is 6.90. The smallest absolute Gasteiger partial charge is 0.203 e. The van der Waals surface area contributed by atoms with Crippen molar-refractivity contribution in [3.8, 4) is 0 Å². The van der Waals surface area contributed by atoms with Crippen molar-refractivity contribution in [3.63, 3.8) is 0 Å². The van der Waals surface area contributed by atoms with Crippen LogP contribution in [-0.2, 0) is 6.54 Å². The number of nitrogens with one attached hydrogen (secondary N) is 1. The van der Waals surface area contributed by atoms with Gasteiger partial charge in [0.25, 0.3) is 0 Å². The molecule has 3 unspecified atom stereocenters. The van der Waals surface area contributed by atoms with Gasteiger partial charge >= 0.3 is 0 Å². The van der Waals surface area contributed by atoms with Crippen molar-refractivity contribution in [1.82, 2.24) is 9.55 Å². The summed E-state index contributed by atoms with van der Waals surface area (Å²) in [5, 5.41) is 3.64. The van der Waals surface area contributed by atoms with Crippen molar-refractivity contribution in [3.05, 3.63) is 11.9 Å². The summed E-state index contributed by atoms with van der Waals surface area (Å²) in [7, 11) is 0. The first-order valence-electron chi connectivity index (χ1n) is 6.90. The number of nitrogens with zero attached hydrogens (tertiary/aromatic N) is 2. The van der Waals surface area contributed by atoms with Crippen LogP contribution in [0.5, 0.6) is 0 Å². The van der Waals surface area contributed by atoms with E-state index in [1.165, 1.54) is 19.3 Å². The molecule has 2 rings (SSSR count). The fourth-order valence-corrected chi connectivity index (χ4v) is 2.95. The zero-order chi connectivity index (χ0) is 12.4. The second-order valence-corrected chi connectivity index (χ2v) is 5.64. The molecule has 17 heavy (non-hydrogen) atoms. The number of rotatable bonds is 3. The molecule has 0 bridgehead atoms. The zero-order valence-corrected chi connectivity index (χ0v) is 11.5. The highest BCUT2D eigenvalue weighted by Gasteiger charge is 2.26. The largest absolute Gasteiger partial charge is 0.353 e. The molecule has 1 aromatic rings. The molecule has 1 fully saturated rings. The van der Waals surface area contributed by atoms with Crippen molar-refractivity contribution in [2.45, 2.75) is 59.5 Å². The highest BCUT2D eigenvalue weighted by atomic mass is 15.2. The van der Waals surface area contributed by atoms with Gasteiger partial charge in [0.1, 0.15) is 0 Å². The van der Waals surface area contributed by atoms with E-state index in [9.17, 15) is 0 Å². The van der Waals surface area contributed by atoms with Gasteiger partial charge in [-0.2, -0.15) is 0 Å². The maximum absolute atomic E-state index is 4.58. The molecule has 0 spiro atoms. The molecule has 0 radical (unpaired) electrons. The lowest BCUT2D eigenvalue weighted by molar-refractivity contribution is 0.275. The molecule has 1 heterocycles. The Morgan fingerprint density at radius 2 is 2.18 bits per heavy atom. The highest BCUT2D eigenvalue weighted by molar-refractivity contribution is 5.30. The van der Waals surface area contributed by atoms with Crippen LogP contribution in [0.15, 0.2) is 6.20 Å². The monoisotopic (exact) mass is 235 g/mol. The van der Waals surface area contributed by atoms with Crippen LogP contribution in [0.4, 0.5) is 5.95 Å². The van der Waals surface area contributed by atoms with Crippen LogP contribution in [0.1, 0.15) is 45.7 Å². The number of hydrogen-bond donors (Lipinski definition) is 1. The lowest BCUT2D eigenvalue weighted by Crippen LogP contribution is -2.34. The van der Waals surface area contributed by atoms with Gasteiger partial charge < -0.3 is 9.88 Å². The lowest BCUT2D eigenvalue weighted by atomic mass is 9.80. The molecule has 3 atom stereocenters. The van der Waals surface area contributed by atoms with Gasteiger partial charge in [0.15, 0.2) is 0 Å². The molecule has 1 saturated carbocycles. The third kappa shape index (κ3) is 2.82. The van der Waals surface area contributed by atoms with Crippen molar-refractivity contribution in [2.24, 2.45) is 11.8 Å². The van der Waals surface area contributed by atoms with Crippen LogP contribution in [0.25, 0.3) is 0 Å². The molecule has 1 N–H and O–H groups in total. The van der Waals surface area contributed by atoms with Gasteiger partial charge in [-0.15, -0.1) is 0 Å². The molecule has 0 aromatic carbocycles. The number of hydrogen-bond acceptors (Lipinski definition) is 2. The zero-order valence-electron chi connectivity index (χ0n) is 11.5. The van der Waals surface area contributed by atoms with E-state index in [1.807, 2.05) is 0 Å². The Bertz CT molecular complexity index is 370. The lowest BCUT2D eigenvalue weighted by Gasteiger charge is -2.33. The van der Waals surface area contributed by atoms with E-state index in [-0.39, 0.29) is 0 Å². The number of anilines is 1. The summed E-state index contributed by atoms with van der Waals surface area (Å²) in [6.07, 6.45) is 6.08. The van der Waals surface area contributed by atoms with Gasteiger partial charge in [-0.3, -0.25) is 0 Å². The molecular formula is C14H25N3. The molecule has 96 valence electrons. The summed E-state index contributed by atoms with van der Waals surface area (Å²) < 4.78 is 2.21. The van der Waals surface area contributed by atoms with E-state index in [0.29, 0.717) is 6.04 Å². The Morgan fingerprint density at radius 3 is 2.82 bits per heavy atom. The van der Waals surface area contributed by atoms with Gasteiger partial charge in [0.05, 0.1) is 5.69 Å². The molecule has 1 aliphatic rings. The first kappa shape index (κ1) is 12.5. The Balaban J connectivity index is 2.04. The topological polar surface area (TPSA) is 29.9 Å². The second-order valence-electron chi connectivity index (χ2n) is 5.64. The standard InChI is InChI=1S/C14H25N3/c1-5-17-9-12(4)15-14(17)16-13-7-6-10(2)8-11(13)3/h9-11,13H,5-8H2,1-4H3,(H,15,16). The quantitative estimate of drug-likeness (QED) is 0.869. The maximum Gasteiger partial charge on any atom is 0.203 e. The Labute approximate surface area is 105 Å². The molecule has 1 aromatic heterocycles. The highest BCUT2D eigenvalue weighted by Crippen LogP contribution is 2.30. The molecule has 1 aliphatic carbocycles. The van der Waals surface area contributed by atoms with E-state index in [4.69, 9.17) is 0 Å². The fourth-order valence-electron chi connectivity index (χ4n) is 2.95. The van der Waals surface area contributed by atoms with Crippen molar-refractivity contribution in [2.75, 3.05) is 5.32 Å². The number of imidazole rings is 1. The van der Waals surface area contributed by atoms with E-state index in [1.54, 1.807) is 0 Å². The average molecular weight is 235 g/mol. The third-order valence-corrected chi connectivity index (χ3v) is 3.98. The third-order valence-electron chi connectivity index (χ3n) is 3.98. The van der Waals surface area contributed by atoms with E-state index >= 15 is 0 Å². The molecule has 3 nitrogen and oxygen atoms in total. The summed E-state index contributed by atoms with van der Waals surface area (Å²) in [5.74, 6) is 2.69. The van der Waals surface area contributed by atoms with Gasteiger partial charge in [0.2, 0.25) is 5.95 Å². The van der Waals surface area contributed by atoms with Crippen molar-refractivity contribution < 1.29 is 0 Å². The normalized spacial score (nSPS) is 29.3. The first-order chi connectivity index (χ1) is 8.10. The Kier molecular flexibility index (Phi) is 3.75. The summed E-state index contributed by atoms with van der Waals surface area (Å²) in [6, 6.07) is 0.596. The average Bonchev–Trinajstić information content (AvgIpc) is 2.63. The van der Waals surface area contributed by atoms with Crippen LogP contribution in [0.2, 0.25) is 0 Å². The van der Waals surface area contributed by atoms with Gasteiger partial charge in [-0.1, -0.05) is 13.8 Å². The minimum atomic E-state index is 0.596. The van der Waals surface area contributed by atoms with E-state index in [0.717, 1.165) is 30.0 Å². The van der Waals surface area contributed by atoms with Crippen molar-refractivity contribution in [1.29, 1.82) is 0 Å². The Morgan fingerprint density at radius 1 is 1.41 bits per heavy atom. The van der Waals surface area contributed by atoms with Crippen LogP contribution in [-0.4, -0.2) is 15.6 Å². The van der Waals surface area contributed by atoms with E-state index in [2.05, 4.69) is 48.8 Å². The predicted molar refractivity (Wildman–Crippen MR) is 72.2 cm³/mol. The molecule has 0 amide bonds. The van der Waals surface area contributed by atoms with Crippen LogP contribution in [0.3, 0.4) is 0 Å². The molecule has 0 aliphatic heterocycles. The van der Waals surface area contributed by atoms with E-state index < -0.39 is 0 Å². The summed E-state index contributed by atoms with van der Waals surface area (Å²) in [6.45, 7) is 9.94. The van der Waals surface area contributed by atoms with Gasteiger partial charge in [0, 0.05) is 18.8 Å². The predicted octanol–water partition coefficient (Wildman–Crippen LogP) is 3.45.